The molecule has 1 saturated heterocycles. The number of rotatable bonds is 1. The minimum absolute atomic E-state index is 0.182. The van der Waals surface area contributed by atoms with E-state index in [0.717, 1.165) is 10.0 Å². The first-order chi connectivity index (χ1) is 7.50. The molecule has 6 heteroatoms. The van der Waals surface area contributed by atoms with Crippen LogP contribution in [0.3, 0.4) is 0 Å². The summed E-state index contributed by atoms with van der Waals surface area (Å²) in [4.78, 5) is 12.8. The molecule has 1 aliphatic heterocycles. The smallest absolute Gasteiger partial charge is 0.313 e. The van der Waals surface area contributed by atoms with Gasteiger partial charge in [-0.1, -0.05) is 17.7 Å². The van der Waals surface area contributed by atoms with Crippen molar-refractivity contribution in [3.05, 3.63) is 33.3 Å². The fraction of sp³-hybridized carbons (Fsp3) is 0.200. The Hall–Kier alpha value is -1.07. The Bertz CT molecular complexity index is 477. The number of carbonyl (C=O) groups excluding carboxylic acids is 1. The minimum atomic E-state index is -0.360. The van der Waals surface area contributed by atoms with E-state index in [-0.39, 0.29) is 17.9 Å². The number of nitrogens with zero attached hydrogens (tertiary/aromatic N) is 1. The Morgan fingerprint density at radius 3 is 2.75 bits per heavy atom. The maximum Gasteiger partial charge on any atom is 0.323 e. The fourth-order valence-corrected chi connectivity index (χ4v) is 2.17. The van der Waals surface area contributed by atoms with Gasteiger partial charge in [-0.15, -0.1) is 0 Å². The predicted octanol–water partition coefficient (Wildman–Crippen LogP) is 2.78. The zero-order valence-electron chi connectivity index (χ0n) is 8.42. The van der Waals surface area contributed by atoms with Gasteiger partial charge in [0.1, 0.15) is 11.9 Å². The van der Waals surface area contributed by atoms with Crippen LogP contribution in [-0.2, 0) is 0 Å². The van der Waals surface area contributed by atoms with Gasteiger partial charge < -0.3 is 4.90 Å². The highest BCUT2D eigenvalue weighted by Crippen LogP contribution is 2.30. The van der Waals surface area contributed by atoms with Gasteiger partial charge in [-0.3, -0.25) is 10.7 Å². The number of carbonyl (C=O) groups is 1. The molecule has 84 valence electrons. The molecule has 1 atom stereocenters. The maximum atomic E-state index is 11.4. The summed E-state index contributed by atoms with van der Waals surface area (Å²) in [6, 6.07) is 4.74. The van der Waals surface area contributed by atoms with Crippen LogP contribution in [0.5, 0.6) is 0 Å². The zero-order chi connectivity index (χ0) is 11.9. The summed E-state index contributed by atoms with van der Waals surface area (Å²) in [6.07, 6.45) is 0. The molecule has 2 rings (SSSR count). The Morgan fingerprint density at radius 2 is 2.25 bits per heavy atom. The summed E-state index contributed by atoms with van der Waals surface area (Å²) < 4.78 is 0.757. The Morgan fingerprint density at radius 1 is 1.56 bits per heavy atom. The zero-order valence-corrected chi connectivity index (χ0v) is 10.8. The van der Waals surface area contributed by atoms with Crippen LogP contribution in [0.15, 0.2) is 22.7 Å². The van der Waals surface area contributed by atoms with Gasteiger partial charge in [0.15, 0.2) is 0 Å². The van der Waals surface area contributed by atoms with E-state index in [4.69, 9.17) is 17.0 Å². The molecule has 16 heavy (non-hydrogen) atoms. The van der Waals surface area contributed by atoms with E-state index in [0.29, 0.717) is 5.02 Å². The van der Waals surface area contributed by atoms with Crippen molar-refractivity contribution in [1.29, 1.82) is 5.41 Å². The van der Waals surface area contributed by atoms with Crippen molar-refractivity contribution in [1.82, 2.24) is 10.2 Å². The topological polar surface area (TPSA) is 56.2 Å². The molecule has 1 fully saturated rings. The molecule has 1 heterocycles. The Kier molecular flexibility index (Phi) is 2.90. The van der Waals surface area contributed by atoms with Crippen molar-refractivity contribution in [3.8, 4) is 0 Å². The number of amides is 2. The molecule has 1 aliphatic rings. The number of nitrogens with one attached hydrogen (secondary N) is 2. The monoisotopic (exact) mass is 301 g/mol. The molecule has 1 aromatic rings. The van der Waals surface area contributed by atoms with Crippen LogP contribution in [0, 0.1) is 5.41 Å². The normalized spacial score (nSPS) is 20.2. The molecule has 2 N–H and O–H groups in total. The van der Waals surface area contributed by atoms with Crippen molar-refractivity contribution in [2.24, 2.45) is 0 Å². The third kappa shape index (κ3) is 1.81. The predicted molar refractivity (Wildman–Crippen MR) is 65.9 cm³/mol. The highest BCUT2D eigenvalue weighted by Gasteiger charge is 2.33. The SMILES string of the molecule is CN1C(=O)NC(=N)C1c1ccc(Cl)c(Br)c1. The number of halogens is 2. The summed E-state index contributed by atoms with van der Waals surface area (Å²) in [5.41, 5.74) is 0.849. The molecule has 0 aromatic heterocycles. The quantitative estimate of drug-likeness (QED) is 0.823. The largest absolute Gasteiger partial charge is 0.323 e. The Labute approximate surface area is 106 Å². The first-order valence-corrected chi connectivity index (χ1v) is 5.75. The number of benzene rings is 1. The van der Waals surface area contributed by atoms with Crippen molar-refractivity contribution in [2.45, 2.75) is 6.04 Å². The molecule has 4 nitrogen and oxygen atoms in total. The lowest BCUT2D eigenvalue weighted by atomic mass is 10.1. The molecule has 0 spiro atoms. The molecule has 0 saturated carbocycles. The van der Waals surface area contributed by atoms with Crippen LogP contribution >= 0.6 is 27.5 Å². The van der Waals surface area contributed by atoms with Crippen molar-refractivity contribution in [2.75, 3.05) is 7.05 Å². The van der Waals surface area contributed by atoms with E-state index in [9.17, 15) is 4.79 Å². The van der Waals surface area contributed by atoms with Crippen molar-refractivity contribution < 1.29 is 4.79 Å². The van der Waals surface area contributed by atoms with Crippen LogP contribution < -0.4 is 5.32 Å². The van der Waals surface area contributed by atoms with E-state index < -0.39 is 0 Å². The number of urea groups is 1. The highest BCUT2D eigenvalue weighted by atomic mass is 79.9. The molecule has 1 aromatic carbocycles. The molecular weight excluding hydrogens is 293 g/mol. The van der Waals surface area contributed by atoms with E-state index >= 15 is 0 Å². The molecule has 0 bridgehead atoms. The van der Waals surface area contributed by atoms with Gasteiger partial charge in [0.2, 0.25) is 0 Å². The van der Waals surface area contributed by atoms with E-state index in [1.807, 2.05) is 12.1 Å². The average Bonchev–Trinajstić information content (AvgIpc) is 2.47. The summed E-state index contributed by atoms with van der Waals surface area (Å²) >= 11 is 9.21. The van der Waals surface area contributed by atoms with Gasteiger partial charge in [0, 0.05) is 11.5 Å². The van der Waals surface area contributed by atoms with Gasteiger partial charge in [-0.25, -0.2) is 4.79 Å². The van der Waals surface area contributed by atoms with Gasteiger partial charge in [0.25, 0.3) is 0 Å². The van der Waals surface area contributed by atoms with Crippen LogP contribution in [0.1, 0.15) is 11.6 Å². The van der Waals surface area contributed by atoms with Gasteiger partial charge in [-0.05, 0) is 33.6 Å². The molecule has 1 unspecified atom stereocenters. The van der Waals surface area contributed by atoms with Crippen molar-refractivity contribution >= 4 is 39.4 Å². The van der Waals surface area contributed by atoms with E-state index in [1.165, 1.54) is 4.90 Å². The lowest BCUT2D eigenvalue weighted by molar-refractivity contribution is 0.217. The lowest BCUT2D eigenvalue weighted by Gasteiger charge is -2.18. The number of likely N-dealkylation sites (N-methyl/N-ethyl adjacent to an activating group) is 1. The number of amidine groups is 1. The van der Waals surface area contributed by atoms with Crippen LogP contribution in [0.2, 0.25) is 5.02 Å². The summed E-state index contributed by atoms with van der Waals surface area (Å²) in [7, 11) is 1.66. The van der Waals surface area contributed by atoms with E-state index in [1.54, 1.807) is 13.1 Å². The first kappa shape index (κ1) is 11.4. The fourth-order valence-electron chi connectivity index (χ4n) is 1.66. The number of hydrogen-bond acceptors (Lipinski definition) is 2. The highest BCUT2D eigenvalue weighted by molar-refractivity contribution is 9.10. The second-order valence-corrected chi connectivity index (χ2v) is 4.79. The summed E-state index contributed by atoms with van der Waals surface area (Å²) in [6.45, 7) is 0. The molecule has 0 radical (unpaired) electrons. The minimum Gasteiger partial charge on any atom is -0.313 e. The van der Waals surface area contributed by atoms with Gasteiger partial charge in [0.05, 0.1) is 5.02 Å². The average molecular weight is 303 g/mol. The molecule has 0 aliphatic carbocycles. The summed E-state index contributed by atoms with van der Waals surface area (Å²) in [5.74, 6) is 0.182. The van der Waals surface area contributed by atoms with Crippen LogP contribution in [0.25, 0.3) is 0 Å². The standard InChI is InChI=1S/C10H9BrClN3O/c1-15-8(9(13)14-10(15)16)5-2-3-7(12)6(11)4-5/h2-4,8H,1H3,(H2,13,14,16). The maximum absolute atomic E-state index is 11.4. The van der Waals surface area contributed by atoms with E-state index in [2.05, 4.69) is 21.2 Å². The second-order valence-electron chi connectivity index (χ2n) is 3.53. The molecular formula is C10H9BrClN3O. The van der Waals surface area contributed by atoms with Crippen LogP contribution in [0.4, 0.5) is 4.79 Å². The third-order valence-corrected chi connectivity index (χ3v) is 3.70. The number of hydrogen-bond donors (Lipinski definition) is 2. The Balaban J connectivity index is 2.40. The first-order valence-electron chi connectivity index (χ1n) is 4.58. The third-order valence-electron chi connectivity index (χ3n) is 2.48. The molecule has 2 amide bonds. The van der Waals surface area contributed by atoms with Crippen LogP contribution in [-0.4, -0.2) is 23.8 Å². The van der Waals surface area contributed by atoms with Crippen molar-refractivity contribution in [3.63, 3.8) is 0 Å². The second kappa shape index (κ2) is 4.07. The lowest BCUT2D eigenvalue weighted by Crippen LogP contribution is -2.25. The summed E-state index contributed by atoms with van der Waals surface area (Å²) in [5, 5.41) is 10.8. The van der Waals surface area contributed by atoms with Gasteiger partial charge in [-0.2, -0.15) is 0 Å². The van der Waals surface area contributed by atoms with Gasteiger partial charge >= 0.3 is 6.03 Å².